The maximum Gasteiger partial charge on any atom is 0.306 e. The van der Waals surface area contributed by atoms with E-state index in [-0.39, 0.29) is 31.5 Å². The Hall–Kier alpha value is -2.84. The van der Waals surface area contributed by atoms with Crippen LogP contribution in [0, 0.1) is 28.6 Å². The molecule has 4 rings (SSSR count). The van der Waals surface area contributed by atoms with Crippen molar-refractivity contribution in [3.63, 3.8) is 0 Å². The molecule has 0 spiro atoms. The van der Waals surface area contributed by atoms with Gasteiger partial charge in [-0.3, -0.25) is 24.0 Å². The number of hydrogen-bond donors (Lipinski definition) is 0. The SMILES string of the molecule is CCCCCC(=O)O[C@@H]1C[C@@]2(C)[C@H](C[C@@H](C)[C@]2(OC(=O)CC)C(=O)COC(=O)CC)[C@H]2CCC3=CC(=O)C=C[C@]3(C)[C@]21F. The van der Waals surface area contributed by atoms with E-state index in [1.165, 1.54) is 12.2 Å². The van der Waals surface area contributed by atoms with Crippen LogP contribution in [-0.4, -0.2) is 53.5 Å². The number of alkyl halides is 1. The Morgan fingerprint density at radius 2 is 1.70 bits per heavy atom. The molecule has 0 aliphatic heterocycles. The van der Waals surface area contributed by atoms with Gasteiger partial charge in [0.1, 0.15) is 6.10 Å². The minimum absolute atomic E-state index is 0.0224. The molecule has 0 heterocycles. The molecule has 4 aliphatic rings. The average Bonchev–Trinajstić information content (AvgIpc) is 3.18. The predicted molar refractivity (Wildman–Crippen MR) is 156 cm³/mol. The van der Waals surface area contributed by atoms with Crippen molar-refractivity contribution in [1.82, 2.24) is 0 Å². The van der Waals surface area contributed by atoms with Crippen molar-refractivity contribution < 1.29 is 42.6 Å². The zero-order chi connectivity index (χ0) is 31.8. The second-order valence-electron chi connectivity index (χ2n) is 13.3. The van der Waals surface area contributed by atoms with Crippen LogP contribution in [0.1, 0.15) is 106 Å². The van der Waals surface area contributed by atoms with Crippen molar-refractivity contribution in [3.05, 3.63) is 23.8 Å². The molecule has 9 heteroatoms. The first-order chi connectivity index (χ1) is 20.2. The minimum atomic E-state index is -2.07. The van der Waals surface area contributed by atoms with E-state index in [1.54, 1.807) is 26.8 Å². The van der Waals surface area contributed by atoms with E-state index in [9.17, 15) is 24.0 Å². The van der Waals surface area contributed by atoms with Crippen LogP contribution in [0.4, 0.5) is 4.39 Å². The molecular formula is C34H47FO8. The number of Topliss-reactive ketones (excluding diaryl/α,β-unsaturated/α-hetero) is 1. The van der Waals surface area contributed by atoms with Crippen molar-refractivity contribution in [2.75, 3.05) is 6.61 Å². The van der Waals surface area contributed by atoms with Gasteiger partial charge in [0.25, 0.3) is 0 Å². The lowest BCUT2D eigenvalue weighted by Crippen LogP contribution is -2.70. The van der Waals surface area contributed by atoms with Gasteiger partial charge in [0.15, 0.2) is 23.7 Å². The highest BCUT2D eigenvalue weighted by Crippen LogP contribution is 2.72. The van der Waals surface area contributed by atoms with E-state index in [0.717, 1.165) is 12.8 Å². The largest absolute Gasteiger partial charge is 0.459 e. The van der Waals surface area contributed by atoms with Crippen molar-refractivity contribution in [2.45, 2.75) is 123 Å². The summed E-state index contributed by atoms with van der Waals surface area (Å²) >= 11 is 0. The first-order valence-electron chi connectivity index (χ1n) is 16.0. The van der Waals surface area contributed by atoms with Gasteiger partial charge in [-0.15, -0.1) is 0 Å². The van der Waals surface area contributed by atoms with Gasteiger partial charge in [0.05, 0.1) is 0 Å². The molecule has 43 heavy (non-hydrogen) atoms. The van der Waals surface area contributed by atoms with Gasteiger partial charge in [-0.05, 0) is 57.1 Å². The van der Waals surface area contributed by atoms with Crippen LogP contribution in [-0.2, 0) is 38.2 Å². The molecule has 0 saturated heterocycles. The molecular weight excluding hydrogens is 555 g/mol. The molecule has 4 aliphatic carbocycles. The number of rotatable bonds is 11. The lowest BCUT2D eigenvalue weighted by atomic mass is 9.44. The fourth-order valence-electron chi connectivity index (χ4n) is 8.83. The number of unbranched alkanes of at least 4 members (excludes halogenated alkanes) is 2. The van der Waals surface area contributed by atoms with E-state index in [1.807, 2.05) is 20.8 Å². The van der Waals surface area contributed by atoms with Gasteiger partial charge in [-0.2, -0.15) is 0 Å². The van der Waals surface area contributed by atoms with Gasteiger partial charge in [-0.1, -0.05) is 59.1 Å². The number of allylic oxidation sites excluding steroid dienone is 4. The lowest BCUT2D eigenvalue weighted by Gasteiger charge is -2.63. The molecule has 3 saturated carbocycles. The molecule has 3 fully saturated rings. The summed E-state index contributed by atoms with van der Waals surface area (Å²) in [6, 6.07) is 0. The number of ether oxygens (including phenoxy) is 3. The summed E-state index contributed by atoms with van der Waals surface area (Å²) in [5.74, 6) is -3.98. The van der Waals surface area contributed by atoms with Crippen LogP contribution in [0.5, 0.6) is 0 Å². The maximum absolute atomic E-state index is 18.4. The highest BCUT2D eigenvalue weighted by Gasteiger charge is 2.78. The Morgan fingerprint density at radius 3 is 2.35 bits per heavy atom. The number of carbonyl (C=O) groups excluding carboxylic acids is 5. The Kier molecular flexibility index (Phi) is 9.44. The Bertz CT molecular complexity index is 1220. The molecule has 238 valence electrons. The van der Waals surface area contributed by atoms with E-state index in [4.69, 9.17) is 14.2 Å². The third-order valence-corrected chi connectivity index (χ3v) is 11.0. The number of carbonyl (C=O) groups is 5. The first kappa shape index (κ1) is 33.1. The van der Waals surface area contributed by atoms with E-state index in [0.29, 0.717) is 31.3 Å². The molecule has 0 N–H and O–H groups in total. The zero-order valence-electron chi connectivity index (χ0n) is 26.5. The smallest absolute Gasteiger partial charge is 0.306 e. The second-order valence-corrected chi connectivity index (χ2v) is 13.3. The summed E-state index contributed by atoms with van der Waals surface area (Å²) < 4.78 is 35.8. The van der Waals surface area contributed by atoms with Crippen molar-refractivity contribution in [3.8, 4) is 0 Å². The van der Waals surface area contributed by atoms with Crippen LogP contribution in [0.15, 0.2) is 23.8 Å². The topological polar surface area (TPSA) is 113 Å². The molecule has 0 aromatic rings. The summed E-state index contributed by atoms with van der Waals surface area (Å²) in [5.41, 5.74) is -5.42. The Balaban J connectivity index is 1.85. The highest BCUT2D eigenvalue weighted by atomic mass is 19.1. The fourth-order valence-corrected chi connectivity index (χ4v) is 8.83. The number of esters is 3. The standard InChI is InChI=1S/C34H47FO8/c1-7-10-11-12-30(40)42-27-19-32(6)25(24-14-13-22-18-23(36)15-16-31(22,5)33(24,27)35)17-21(4)34(32,43-29(39)9-3)26(37)20-41-28(38)8-2/h15-16,18,21,24-25,27H,7-14,17,19-20H2,1-6H3/t21-,24-,25-,27-,31+,32+,33+,34+/m1/s1. The molecule has 0 bridgehead atoms. The van der Waals surface area contributed by atoms with Gasteiger partial charge >= 0.3 is 17.9 Å². The van der Waals surface area contributed by atoms with Crippen molar-refractivity contribution >= 4 is 29.5 Å². The summed E-state index contributed by atoms with van der Waals surface area (Å²) in [7, 11) is 0. The third kappa shape index (κ3) is 5.18. The van der Waals surface area contributed by atoms with E-state index < -0.39 is 76.3 Å². The van der Waals surface area contributed by atoms with Gasteiger partial charge < -0.3 is 14.2 Å². The average molecular weight is 603 g/mol. The van der Waals surface area contributed by atoms with Crippen LogP contribution < -0.4 is 0 Å². The summed E-state index contributed by atoms with van der Waals surface area (Å²) in [4.78, 5) is 64.7. The van der Waals surface area contributed by atoms with Gasteiger partial charge in [0.2, 0.25) is 5.78 Å². The normalized spacial score (nSPS) is 37.8. The van der Waals surface area contributed by atoms with Crippen molar-refractivity contribution in [2.24, 2.45) is 28.6 Å². The molecule has 0 radical (unpaired) electrons. The molecule has 0 aromatic carbocycles. The second kappa shape index (κ2) is 12.3. The van der Waals surface area contributed by atoms with Crippen LogP contribution in [0.2, 0.25) is 0 Å². The highest BCUT2D eigenvalue weighted by molar-refractivity contribution is 6.01. The third-order valence-electron chi connectivity index (χ3n) is 11.0. The molecule has 0 amide bonds. The molecule has 8 atom stereocenters. The number of hydrogen-bond acceptors (Lipinski definition) is 8. The summed E-state index contributed by atoms with van der Waals surface area (Å²) in [6.07, 6.45) is 7.01. The quantitative estimate of drug-likeness (QED) is 0.162. The maximum atomic E-state index is 18.4. The Labute approximate surface area is 254 Å². The minimum Gasteiger partial charge on any atom is -0.459 e. The first-order valence-corrected chi connectivity index (χ1v) is 16.0. The molecule has 0 aromatic heterocycles. The fraction of sp³-hybridized carbons (Fsp3) is 0.735. The van der Waals surface area contributed by atoms with Gasteiger partial charge in [0, 0.05) is 41.9 Å². The zero-order valence-corrected chi connectivity index (χ0v) is 26.5. The van der Waals surface area contributed by atoms with E-state index in [2.05, 4.69) is 0 Å². The molecule has 8 nitrogen and oxygen atoms in total. The van der Waals surface area contributed by atoms with Crippen LogP contribution in [0.3, 0.4) is 0 Å². The number of halogens is 1. The van der Waals surface area contributed by atoms with Crippen LogP contribution >= 0.6 is 0 Å². The number of ketones is 2. The van der Waals surface area contributed by atoms with Crippen molar-refractivity contribution in [1.29, 1.82) is 0 Å². The number of fused-ring (bicyclic) bond motifs is 5. The monoisotopic (exact) mass is 602 g/mol. The summed E-state index contributed by atoms with van der Waals surface area (Å²) in [6.45, 7) is 10.1. The van der Waals surface area contributed by atoms with E-state index >= 15 is 4.39 Å². The van der Waals surface area contributed by atoms with Crippen LogP contribution in [0.25, 0.3) is 0 Å². The Morgan fingerprint density at radius 1 is 1.00 bits per heavy atom. The summed E-state index contributed by atoms with van der Waals surface area (Å²) in [5, 5.41) is 0. The van der Waals surface area contributed by atoms with Gasteiger partial charge in [-0.25, -0.2) is 4.39 Å². The lowest BCUT2D eigenvalue weighted by molar-refractivity contribution is -0.236. The predicted octanol–water partition coefficient (Wildman–Crippen LogP) is 5.95. The molecule has 0 unspecified atom stereocenters.